The van der Waals surface area contributed by atoms with Crippen LogP contribution in [0.5, 0.6) is 5.75 Å². The number of aromatic nitrogens is 3. The summed E-state index contributed by atoms with van der Waals surface area (Å²) in [6, 6.07) is 9.49. The van der Waals surface area contributed by atoms with Crippen LogP contribution >= 0.6 is 0 Å². The second kappa shape index (κ2) is 5.65. The Morgan fingerprint density at radius 3 is 2.91 bits per heavy atom. The van der Waals surface area contributed by atoms with E-state index >= 15 is 0 Å². The number of hydrogen-bond acceptors (Lipinski definition) is 4. The molecule has 0 aliphatic carbocycles. The Morgan fingerprint density at radius 2 is 2.18 bits per heavy atom. The van der Waals surface area contributed by atoms with Gasteiger partial charge in [-0.25, -0.2) is 9.50 Å². The van der Waals surface area contributed by atoms with Gasteiger partial charge in [0.25, 0.3) is 5.56 Å². The Morgan fingerprint density at radius 1 is 1.36 bits per heavy atom. The summed E-state index contributed by atoms with van der Waals surface area (Å²) in [6.45, 7) is 2.26. The molecule has 0 spiro atoms. The quantitative estimate of drug-likeness (QED) is 0.764. The zero-order valence-electron chi connectivity index (χ0n) is 12.6. The molecule has 114 valence electrons. The molecule has 6 nitrogen and oxygen atoms in total. The summed E-state index contributed by atoms with van der Waals surface area (Å²) in [5.41, 5.74) is 9.20. The van der Waals surface area contributed by atoms with Crippen LogP contribution in [0.3, 0.4) is 0 Å². The normalized spacial score (nSPS) is 11.0. The van der Waals surface area contributed by atoms with Gasteiger partial charge in [0.2, 0.25) is 0 Å². The van der Waals surface area contributed by atoms with Crippen LogP contribution in [0, 0.1) is 6.92 Å². The van der Waals surface area contributed by atoms with Crippen molar-refractivity contribution < 1.29 is 4.74 Å². The van der Waals surface area contributed by atoms with E-state index in [1.165, 1.54) is 4.52 Å². The van der Waals surface area contributed by atoms with Crippen molar-refractivity contribution in [1.29, 1.82) is 0 Å². The number of nitrogens with zero attached hydrogens (tertiary/aromatic N) is 2. The Kier molecular flexibility index (Phi) is 3.68. The Bertz CT molecular complexity index is 879. The fraction of sp³-hybridized carbons (Fsp3) is 0.250. The van der Waals surface area contributed by atoms with Gasteiger partial charge >= 0.3 is 0 Å². The topological polar surface area (TPSA) is 85.4 Å². The molecule has 0 amide bonds. The lowest BCUT2D eigenvalue weighted by Crippen LogP contribution is -2.23. The zero-order chi connectivity index (χ0) is 15.7. The van der Waals surface area contributed by atoms with Crippen molar-refractivity contribution in [3.8, 4) is 17.0 Å². The van der Waals surface area contributed by atoms with Crippen LogP contribution in [0.2, 0.25) is 0 Å². The molecular formula is C16H18N4O2. The highest BCUT2D eigenvalue weighted by atomic mass is 16.5. The van der Waals surface area contributed by atoms with Crippen molar-refractivity contribution >= 4 is 5.65 Å². The number of fused-ring (bicyclic) bond motifs is 1. The third-order valence-electron chi connectivity index (χ3n) is 3.69. The minimum absolute atomic E-state index is 0.0953. The molecule has 3 rings (SSSR count). The SMILES string of the molecule is COc1cccc(-c2cc3nc(C)c(CCN)c(=O)n3[nH]2)c1. The molecule has 0 aliphatic rings. The fourth-order valence-electron chi connectivity index (χ4n) is 2.54. The van der Waals surface area contributed by atoms with Crippen molar-refractivity contribution in [1.82, 2.24) is 14.6 Å². The number of benzene rings is 1. The first-order chi connectivity index (χ1) is 10.6. The van der Waals surface area contributed by atoms with Gasteiger partial charge in [0, 0.05) is 22.9 Å². The number of ether oxygens (including phenoxy) is 1. The predicted octanol–water partition coefficient (Wildman–Crippen LogP) is 1.51. The summed E-state index contributed by atoms with van der Waals surface area (Å²) < 4.78 is 6.70. The molecule has 3 N–H and O–H groups in total. The van der Waals surface area contributed by atoms with Gasteiger partial charge in [-0.1, -0.05) is 12.1 Å². The van der Waals surface area contributed by atoms with Crippen molar-refractivity contribution in [3.63, 3.8) is 0 Å². The van der Waals surface area contributed by atoms with Gasteiger partial charge in [-0.05, 0) is 32.0 Å². The number of nitrogens with one attached hydrogen (secondary N) is 1. The number of hydrogen-bond donors (Lipinski definition) is 2. The van der Waals surface area contributed by atoms with Crippen molar-refractivity contribution in [3.05, 3.63) is 51.9 Å². The number of rotatable bonds is 4. The van der Waals surface area contributed by atoms with Gasteiger partial charge in [-0.3, -0.25) is 9.89 Å². The summed E-state index contributed by atoms with van der Waals surface area (Å²) in [6.07, 6.45) is 0.522. The third-order valence-corrected chi connectivity index (χ3v) is 3.69. The van der Waals surface area contributed by atoms with Gasteiger partial charge < -0.3 is 10.5 Å². The molecule has 0 fully saturated rings. The molecule has 6 heteroatoms. The first-order valence-corrected chi connectivity index (χ1v) is 7.10. The average Bonchev–Trinajstić information content (AvgIpc) is 2.95. The number of H-pyrrole nitrogens is 1. The zero-order valence-corrected chi connectivity index (χ0v) is 12.6. The number of nitrogens with two attached hydrogens (primary N) is 1. The van der Waals surface area contributed by atoms with Gasteiger partial charge in [-0.15, -0.1) is 0 Å². The number of methoxy groups -OCH3 is 1. The predicted molar refractivity (Wildman–Crippen MR) is 85.3 cm³/mol. The first kappa shape index (κ1) is 14.3. The Labute approximate surface area is 127 Å². The maximum atomic E-state index is 12.5. The molecule has 22 heavy (non-hydrogen) atoms. The number of aryl methyl sites for hydroxylation is 1. The standard InChI is InChI=1S/C16H18N4O2/c1-10-13(6-7-17)16(21)20-15(18-10)9-14(19-20)11-4-3-5-12(8-11)22-2/h3-5,8-9,19H,6-7,17H2,1-2H3. The van der Waals surface area contributed by atoms with Crippen molar-refractivity contribution in [2.24, 2.45) is 5.73 Å². The van der Waals surface area contributed by atoms with E-state index in [0.29, 0.717) is 24.2 Å². The van der Waals surface area contributed by atoms with Crippen molar-refractivity contribution in [2.75, 3.05) is 13.7 Å². The average molecular weight is 298 g/mol. The monoisotopic (exact) mass is 298 g/mol. The largest absolute Gasteiger partial charge is 0.497 e. The molecule has 0 radical (unpaired) electrons. The molecule has 0 atom stereocenters. The van der Waals surface area contributed by atoms with Crippen LogP contribution in [-0.4, -0.2) is 28.3 Å². The molecule has 0 saturated carbocycles. The Hall–Kier alpha value is -2.60. The summed E-state index contributed by atoms with van der Waals surface area (Å²) in [5.74, 6) is 0.761. The maximum Gasteiger partial charge on any atom is 0.276 e. The molecule has 0 aliphatic heterocycles. The second-order valence-corrected chi connectivity index (χ2v) is 5.11. The van der Waals surface area contributed by atoms with Gasteiger partial charge in [0.05, 0.1) is 12.8 Å². The lowest BCUT2D eigenvalue weighted by Gasteiger charge is -2.03. The first-order valence-electron chi connectivity index (χ1n) is 7.10. The lowest BCUT2D eigenvalue weighted by atomic mass is 10.1. The van der Waals surface area contributed by atoms with E-state index in [4.69, 9.17) is 10.5 Å². The molecule has 2 aromatic heterocycles. The highest BCUT2D eigenvalue weighted by Gasteiger charge is 2.12. The van der Waals surface area contributed by atoms with Crippen LogP contribution in [0.15, 0.2) is 35.1 Å². The maximum absolute atomic E-state index is 12.5. The van der Waals surface area contributed by atoms with Gasteiger partial charge in [0.1, 0.15) is 5.75 Å². The summed E-state index contributed by atoms with van der Waals surface area (Å²) in [4.78, 5) is 17.0. The van der Waals surface area contributed by atoms with Gasteiger partial charge in [-0.2, -0.15) is 0 Å². The highest BCUT2D eigenvalue weighted by molar-refractivity contribution is 5.65. The summed E-state index contributed by atoms with van der Waals surface area (Å²) in [7, 11) is 1.62. The van der Waals surface area contributed by atoms with E-state index in [9.17, 15) is 4.79 Å². The van der Waals surface area contributed by atoms with E-state index in [-0.39, 0.29) is 5.56 Å². The minimum atomic E-state index is -0.0953. The molecule has 0 unspecified atom stereocenters. The van der Waals surface area contributed by atoms with E-state index < -0.39 is 0 Å². The smallest absolute Gasteiger partial charge is 0.276 e. The summed E-state index contributed by atoms with van der Waals surface area (Å²) in [5, 5.41) is 3.10. The van der Waals surface area contributed by atoms with E-state index in [1.807, 2.05) is 37.3 Å². The number of aromatic amines is 1. The van der Waals surface area contributed by atoms with Gasteiger partial charge in [0.15, 0.2) is 5.65 Å². The fourth-order valence-corrected chi connectivity index (χ4v) is 2.54. The van der Waals surface area contributed by atoms with E-state index in [1.54, 1.807) is 7.11 Å². The van der Waals surface area contributed by atoms with Crippen LogP contribution in [0.4, 0.5) is 0 Å². The van der Waals surface area contributed by atoms with Crippen LogP contribution in [0.25, 0.3) is 16.9 Å². The van der Waals surface area contributed by atoms with E-state index in [0.717, 1.165) is 22.7 Å². The molecular weight excluding hydrogens is 280 g/mol. The third kappa shape index (κ3) is 2.37. The van der Waals surface area contributed by atoms with E-state index in [2.05, 4.69) is 10.1 Å². The van der Waals surface area contributed by atoms with Crippen LogP contribution in [0.1, 0.15) is 11.3 Å². The van der Waals surface area contributed by atoms with Crippen molar-refractivity contribution in [2.45, 2.75) is 13.3 Å². The Balaban J connectivity index is 2.17. The molecule has 0 saturated heterocycles. The highest BCUT2D eigenvalue weighted by Crippen LogP contribution is 2.23. The summed E-state index contributed by atoms with van der Waals surface area (Å²) >= 11 is 0. The minimum Gasteiger partial charge on any atom is -0.497 e. The van der Waals surface area contributed by atoms with Crippen LogP contribution < -0.4 is 16.0 Å². The molecule has 1 aromatic carbocycles. The molecule has 2 heterocycles. The second-order valence-electron chi connectivity index (χ2n) is 5.11. The lowest BCUT2D eigenvalue weighted by molar-refractivity contribution is 0.415. The molecule has 0 bridgehead atoms. The van der Waals surface area contributed by atoms with Crippen LogP contribution in [-0.2, 0) is 6.42 Å². The molecule has 3 aromatic rings.